The summed E-state index contributed by atoms with van der Waals surface area (Å²) in [7, 11) is 4.25. The Hall–Kier alpha value is -0.860. The monoisotopic (exact) mass is 248 g/mol. The van der Waals surface area contributed by atoms with Crippen molar-refractivity contribution in [2.24, 2.45) is 5.41 Å². The van der Waals surface area contributed by atoms with E-state index < -0.39 is 0 Å². The summed E-state index contributed by atoms with van der Waals surface area (Å²) in [6, 6.07) is 11.6. The van der Waals surface area contributed by atoms with Gasteiger partial charge in [0, 0.05) is 18.6 Å². The summed E-state index contributed by atoms with van der Waals surface area (Å²) in [6.07, 6.45) is 0. The molecule has 0 amide bonds. The van der Waals surface area contributed by atoms with E-state index in [0.29, 0.717) is 17.5 Å². The van der Waals surface area contributed by atoms with Crippen LogP contribution in [0.3, 0.4) is 0 Å². The maximum atomic E-state index is 3.41. The van der Waals surface area contributed by atoms with E-state index in [0.717, 1.165) is 6.54 Å². The summed E-state index contributed by atoms with van der Waals surface area (Å²) in [5.74, 6) is 0. The summed E-state index contributed by atoms with van der Waals surface area (Å²) < 4.78 is 0. The van der Waals surface area contributed by atoms with Crippen LogP contribution in [-0.4, -0.2) is 31.6 Å². The van der Waals surface area contributed by atoms with E-state index in [1.165, 1.54) is 5.56 Å². The van der Waals surface area contributed by atoms with Gasteiger partial charge in [-0.3, -0.25) is 0 Å². The third kappa shape index (κ3) is 4.11. The van der Waals surface area contributed by atoms with Crippen LogP contribution in [0.5, 0.6) is 0 Å². The summed E-state index contributed by atoms with van der Waals surface area (Å²) in [4.78, 5) is 2.44. The summed E-state index contributed by atoms with van der Waals surface area (Å²) >= 11 is 0. The summed E-state index contributed by atoms with van der Waals surface area (Å²) in [5.41, 5.74) is 1.66. The van der Waals surface area contributed by atoms with Crippen molar-refractivity contribution >= 4 is 0 Å². The molecule has 1 N–H and O–H groups in total. The van der Waals surface area contributed by atoms with Gasteiger partial charge in [0.2, 0.25) is 0 Å². The average molecular weight is 248 g/mol. The molecule has 18 heavy (non-hydrogen) atoms. The molecule has 0 saturated carbocycles. The van der Waals surface area contributed by atoms with Crippen LogP contribution < -0.4 is 5.32 Å². The SMILES string of the molecule is CNC(CN(C)C(C)C(C)(C)C)c1ccccc1. The molecule has 0 fully saturated rings. The zero-order chi connectivity index (χ0) is 13.8. The molecule has 0 heterocycles. The van der Waals surface area contributed by atoms with Gasteiger partial charge in [-0.15, -0.1) is 0 Å². The Bertz CT molecular complexity index is 340. The lowest BCUT2D eigenvalue weighted by molar-refractivity contribution is 0.130. The average Bonchev–Trinajstić information content (AvgIpc) is 2.34. The number of hydrogen-bond donors (Lipinski definition) is 1. The van der Waals surface area contributed by atoms with Crippen LogP contribution in [0.15, 0.2) is 30.3 Å². The smallest absolute Gasteiger partial charge is 0.0446 e. The van der Waals surface area contributed by atoms with E-state index in [-0.39, 0.29) is 0 Å². The van der Waals surface area contributed by atoms with Crippen molar-refractivity contribution in [1.29, 1.82) is 0 Å². The predicted octanol–water partition coefficient (Wildman–Crippen LogP) is 3.31. The number of rotatable bonds is 5. The molecule has 2 nitrogen and oxygen atoms in total. The van der Waals surface area contributed by atoms with Gasteiger partial charge in [-0.25, -0.2) is 0 Å². The van der Waals surface area contributed by atoms with Gasteiger partial charge in [-0.2, -0.15) is 0 Å². The first-order valence-corrected chi connectivity index (χ1v) is 6.78. The van der Waals surface area contributed by atoms with Crippen LogP contribution in [0.4, 0.5) is 0 Å². The van der Waals surface area contributed by atoms with Crippen molar-refractivity contribution in [3.63, 3.8) is 0 Å². The van der Waals surface area contributed by atoms with E-state index in [1.54, 1.807) is 0 Å². The Morgan fingerprint density at radius 3 is 2.17 bits per heavy atom. The molecule has 0 radical (unpaired) electrons. The fourth-order valence-electron chi connectivity index (χ4n) is 2.16. The lowest BCUT2D eigenvalue weighted by Gasteiger charge is -2.37. The van der Waals surface area contributed by atoms with Gasteiger partial charge in [0.1, 0.15) is 0 Å². The van der Waals surface area contributed by atoms with Crippen LogP contribution >= 0.6 is 0 Å². The van der Waals surface area contributed by atoms with E-state index in [9.17, 15) is 0 Å². The van der Waals surface area contributed by atoms with Crippen molar-refractivity contribution < 1.29 is 0 Å². The molecule has 2 heteroatoms. The topological polar surface area (TPSA) is 15.3 Å². The molecule has 0 bridgehead atoms. The molecule has 0 aliphatic heterocycles. The molecule has 1 rings (SSSR count). The first-order valence-electron chi connectivity index (χ1n) is 6.78. The highest BCUT2D eigenvalue weighted by atomic mass is 15.2. The molecule has 0 saturated heterocycles. The van der Waals surface area contributed by atoms with Crippen molar-refractivity contribution in [2.75, 3.05) is 20.6 Å². The molecule has 2 atom stereocenters. The molecule has 1 aromatic rings. The first kappa shape index (κ1) is 15.2. The zero-order valence-electron chi connectivity index (χ0n) is 12.7. The lowest BCUT2D eigenvalue weighted by atomic mass is 9.87. The quantitative estimate of drug-likeness (QED) is 0.860. The third-order valence-corrected chi connectivity index (χ3v) is 3.94. The summed E-state index contributed by atoms with van der Waals surface area (Å²) in [5, 5.41) is 3.41. The van der Waals surface area contributed by atoms with Crippen molar-refractivity contribution in [1.82, 2.24) is 10.2 Å². The molecular formula is C16H28N2. The fraction of sp³-hybridized carbons (Fsp3) is 0.625. The van der Waals surface area contributed by atoms with Crippen LogP contribution in [0.1, 0.15) is 39.3 Å². The minimum atomic E-state index is 0.309. The van der Waals surface area contributed by atoms with Gasteiger partial charge in [0.15, 0.2) is 0 Å². The van der Waals surface area contributed by atoms with Gasteiger partial charge in [0.25, 0.3) is 0 Å². The van der Waals surface area contributed by atoms with E-state index >= 15 is 0 Å². The second-order valence-electron chi connectivity index (χ2n) is 6.23. The van der Waals surface area contributed by atoms with Crippen LogP contribution in [0, 0.1) is 5.41 Å². The standard InChI is InChI=1S/C16H28N2/c1-13(16(2,3)4)18(6)12-15(17-5)14-10-8-7-9-11-14/h7-11,13,15,17H,12H2,1-6H3. The van der Waals surface area contributed by atoms with Crippen LogP contribution in [0.25, 0.3) is 0 Å². The van der Waals surface area contributed by atoms with Crippen molar-refractivity contribution in [2.45, 2.75) is 39.8 Å². The molecule has 2 unspecified atom stereocenters. The number of hydrogen-bond acceptors (Lipinski definition) is 2. The van der Waals surface area contributed by atoms with Gasteiger partial charge in [0.05, 0.1) is 0 Å². The van der Waals surface area contributed by atoms with Gasteiger partial charge < -0.3 is 10.2 Å². The maximum Gasteiger partial charge on any atom is 0.0446 e. The maximum absolute atomic E-state index is 3.41. The Morgan fingerprint density at radius 1 is 1.17 bits per heavy atom. The summed E-state index contributed by atoms with van der Waals surface area (Å²) in [6.45, 7) is 10.2. The zero-order valence-corrected chi connectivity index (χ0v) is 12.7. The number of nitrogens with zero attached hydrogens (tertiary/aromatic N) is 1. The molecule has 0 aliphatic carbocycles. The fourth-order valence-corrected chi connectivity index (χ4v) is 2.16. The Balaban J connectivity index is 2.70. The van der Waals surface area contributed by atoms with E-state index in [4.69, 9.17) is 0 Å². The molecule has 0 aliphatic rings. The number of likely N-dealkylation sites (N-methyl/N-ethyl adjacent to an activating group) is 2. The predicted molar refractivity (Wildman–Crippen MR) is 79.8 cm³/mol. The highest BCUT2D eigenvalue weighted by Gasteiger charge is 2.25. The highest BCUT2D eigenvalue weighted by Crippen LogP contribution is 2.24. The van der Waals surface area contributed by atoms with Crippen molar-refractivity contribution in [3.8, 4) is 0 Å². The second-order valence-corrected chi connectivity index (χ2v) is 6.23. The molecular weight excluding hydrogens is 220 g/mol. The largest absolute Gasteiger partial charge is 0.312 e. The molecule has 0 spiro atoms. The minimum absolute atomic E-state index is 0.309. The van der Waals surface area contributed by atoms with Crippen LogP contribution in [0.2, 0.25) is 0 Å². The van der Waals surface area contributed by atoms with E-state index in [1.807, 2.05) is 7.05 Å². The highest BCUT2D eigenvalue weighted by molar-refractivity contribution is 5.19. The molecule has 102 valence electrons. The lowest BCUT2D eigenvalue weighted by Crippen LogP contribution is -2.43. The number of nitrogens with one attached hydrogen (secondary N) is 1. The first-order chi connectivity index (χ1) is 8.36. The second kappa shape index (κ2) is 6.35. The Labute approximate surface area is 112 Å². The normalized spacial score (nSPS) is 15.7. The van der Waals surface area contributed by atoms with Crippen LogP contribution in [-0.2, 0) is 0 Å². The molecule has 0 aromatic heterocycles. The van der Waals surface area contributed by atoms with Crippen molar-refractivity contribution in [3.05, 3.63) is 35.9 Å². The Morgan fingerprint density at radius 2 is 1.72 bits per heavy atom. The van der Waals surface area contributed by atoms with Gasteiger partial charge in [-0.05, 0) is 32.0 Å². The van der Waals surface area contributed by atoms with Gasteiger partial charge in [-0.1, -0.05) is 51.1 Å². The molecule has 1 aromatic carbocycles. The minimum Gasteiger partial charge on any atom is -0.312 e. The third-order valence-electron chi connectivity index (χ3n) is 3.94. The Kier molecular flexibility index (Phi) is 5.36. The van der Waals surface area contributed by atoms with Gasteiger partial charge >= 0.3 is 0 Å². The number of benzene rings is 1. The van der Waals surface area contributed by atoms with E-state index in [2.05, 4.69) is 75.3 Å².